The average Bonchev–Trinajstić information content (AvgIpc) is 2.82. The van der Waals surface area contributed by atoms with Crippen molar-refractivity contribution in [1.82, 2.24) is 10.2 Å². The molecule has 122 valence electrons. The molecule has 0 aromatic heterocycles. The van der Waals surface area contributed by atoms with Crippen LogP contribution in [0.1, 0.15) is 26.3 Å². The summed E-state index contributed by atoms with van der Waals surface area (Å²) in [5, 5.41) is 2.66. The molecule has 0 unspecified atom stereocenters. The fraction of sp³-hybridized carbons (Fsp3) is 0.167. The summed E-state index contributed by atoms with van der Waals surface area (Å²) in [4.78, 5) is 37.3. The topological polar surface area (TPSA) is 66.5 Å². The number of amides is 3. The van der Waals surface area contributed by atoms with E-state index in [2.05, 4.69) is 5.32 Å². The SMILES string of the molecule is O=C(Cc1ccc(F)cc1)NCCN1C(=O)c2ccccc2C1=O. The fourth-order valence-electron chi connectivity index (χ4n) is 2.60. The summed E-state index contributed by atoms with van der Waals surface area (Å²) >= 11 is 0. The van der Waals surface area contributed by atoms with Crippen molar-refractivity contribution in [2.24, 2.45) is 0 Å². The third kappa shape index (κ3) is 3.17. The molecule has 24 heavy (non-hydrogen) atoms. The summed E-state index contributed by atoms with van der Waals surface area (Å²) in [6.45, 7) is 0.285. The van der Waals surface area contributed by atoms with Gasteiger partial charge in [0, 0.05) is 13.1 Å². The van der Waals surface area contributed by atoms with E-state index in [1.54, 1.807) is 36.4 Å². The van der Waals surface area contributed by atoms with Gasteiger partial charge in [-0.2, -0.15) is 0 Å². The van der Waals surface area contributed by atoms with E-state index in [0.717, 1.165) is 4.90 Å². The molecule has 1 heterocycles. The van der Waals surface area contributed by atoms with Gasteiger partial charge in [0.15, 0.2) is 0 Å². The largest absolute Gasteiger partial charge is 0.354 e. The number of halogens is 1. The molecule has 1 N–H and O–H groups in total. The number of imide groups is 1. The Morgan fingerprint density at radius 3 is 2.12 bits per heavy atom. The van der Waals surface area contributed by atoms with E-state index in [1.807, 2.05) is 0 Å². The molecule has 2 aromatic carbocycles. The zero-order chi connectivity index (χ0) is 17.1. The second kappa shape index (κ2) is 6.62. The fourth-order valence-corrected chi connectivity index (χ4v) is 2.60. The van der Waals surface area contributed by atoms with Gasteiger partial charge in [-0.25, -0.2) is 4.39 Å². The number of benzene rings is 2. The van der Waals surface area contributed by atoms with Crippen LogP contribution in [0.4, 0.5) is 4.39 Å². The predicted molar refractivity (Wildman–Crippen MR) is 84.9 cm³/mol. The lowest BCUT2D eigenvalue weighted by molar-refractivity contribution is -0.120. The van der Waals surface area contributed by atoms with Crippen LogP contribution in [0.15, 0.2) is 48.5 Å². The Bertz CT molecular complexity index is 767. The van der Waals surface area contributed by atoms with Crippen molar-refractivity contribution in [3.05, 3.63) is 71.0 Å². The minimum absolute atomic E-state index is 0.113. The van der Waals surface area contributed by atoms with Gasteiger partial charge in [0.2, 0.25) is 5.91 Å². The van der Waals surface area contributed by atoms with Gasteiger partial charge in [-0.05, 0) is 29.8 Å². The molecule has 1 aliphatic rings. The number of nitrogens with one attached hydrogen (secondary N) is 1. The van der Waals surface area contributed by atoms with E-state index in [-0.39, 0.29) is 43.0 Å². The normalized spacial score (nSPS) is 13.1. The summed E-state index contributed by atoms with van der Waals surface area (Å²) in [6, 6.07) is 12.3. The van der Waals surface area contributed by atoms with Gasteiger partial charge >= 0.3 is 0 Å². The van der Waals surface area contributed by atoms with Crippen LogP contribution in [-0.4, -0.2) is 35.7 Å². The van der Waals surface area contributed by atoms with E-state index >= 15 is 0 Å². The molecule has 0 aliphatic carbocycles. The number of carbonyl (C=O) groups excluding carboxylic acids is 3. The molecule has 0 atom stereocenters. The first-order valence-electron chi connectivity index (χ1n) is 7.52. The summed E-state index contributed by atoms with van der Waals surface area (Å²) in [6.07, 6.45) is 0.113. The Hall–Kier alpha value is -3.02. The highest BCUT2D eigenvalue weighted by Gasteiger charge is 2.34. The molecular weight excluding hydrogens is 311 g/mol. The quantitative estimate of drug-likeness (QED) is 0.852. The first-order chi connectivity index (χ1) is 11.6. The Balaban J connectivity index is 1.52. The molecule has 6 heteroatoms. The van der Waals surface area contributed by atoms with E-state index in [1.165, 1.54) is 12.1 Å². The molecule has 2 aromatic rings. The minimum atomic E-state index is -0.357. The highest BCUT2D eigenvalue weighted by molar-refractivity contribution is 6.21. The van der Waals surface area contributed by atoms with Gasteiger partial charge < -0.3 is 5.32 Å². The molecule has 3 rings (SSSR count). The summed E-state index contributed by atoms with van der Waals surface area (Å²) < 4.78 is 12.8. The van der Waals surface area contributed by atoms with Crippen LogP contribution in [0.2, 0.25) is 0 Å². The first kappa shape index (κ1) is 15.9. The molecule has 3 amide bonds. The van der Waals surface area contributed by atoms with Gasteiger partial charge in [-0.15, -0.1) is 0 Å². The minimum Gasteiger partial charge on any atom is -0.354 e. The second-order valence-corrected chi connectivity index (χ2v) is 5.46. The Kier molecular flexibility index (Phi) is 4.37. The highest BCUT2D eigenvalue weighted by Crippen LogP contribution is 2.21. The van der Waals surface area contributed by atoms with E-state index in [9.17, 15) is 18.8 Å². The van der Waals surface area contributed by atoms with Crippen molar-refractivity contribution in [3.8, 4) is 0 Å². The molecule has 0 saturated heterocycles. The van der Waals surface area contributed by atoms with Crippen molar-refractivity contribution in [1.29, 1.82) is 0 Å². The van der Waals surface area contributed by atoms with Crippen LogP contribution < -0.4 is 5.32 Å². The molecule has 0 saturated carbocycles. The lowest BCUT2D eigenvalue weighted by Crippen LogP contribution is -2.38. The third-order valence-electron chi connectivity index (χ3n) is 3.81. The lowest BCUT2D eigenvalue weighted by atomic mass is 10.1. The molecule has 0 fully saturated rings. The van der Waals surface area contributed by atoms with Crippen LogP contribution in [0.25, 0.3) is 0 Å². The van der Waals surface area contributed by atoms with Crippen molar-refractivity contribution < 1.29 is 18.8 Å². The van der Waals surface area contributed by atoms with E-state index < -0.39 is 0 Å². The summed E-state index contributed by atoms with van der Waals surface area (Å²) in [7, 11) is 0. The number of carbonyl (C=O) groups is 3. The van der Waals surface area contributed by atoms with Crippen molar-refractivity contribution >= 4 is 17.7 Å². The van der Waals surface area contributed by atoms with Crippen LogP contribution in [0, 0.1) is 5.82 Å². The van der Waals surface area contributed by atoms with Gasteiger partial charge in [0.05, 0.1) is 17.5 Å². The van der Waals surface area contributed by atoms with Gasteiger partial charge in [0.1, 0.15) is 5.82 Å². The Labute approximate surface area is 138 Å². The van der Waals surface area contributed by atoms with Crippen LogP contribution in [0.3, 0.4) is 0 Å². The van der Waals surface area contributed by atoms with Crippen LogP contribution in [0.5, 0.6) is 0 Å². The third-order valence-corrected chi connectivity index (χ3v) is 3.81. The monoisotopic (exact) mass is 326 g/mol. The molecule has 5 nitrogen and oxygen atoms in total. The standard InChI is InChI=1S/C18H15FN2O3/c19-13-7-5-12(6-8-13)11-16(22)20-9-10-21-17(23)14-3-1-2-4-15(14)18(21)24/h1-8H,9-11H2,(H,20,22). The molecule has 0 bridgehead atoms. The lowest BCUT2D eigenvalue weighted by Gasteiger charge is -2.14. The average molecular weight is 326 g/mol. The number of hydrogen-bond donors (Lipinski definition) is 1. The van der Waals surface area contributed by atoms with Gasteiger partial charge in [-0.1, -0.05) is 24.3 Å². The summed E-state index contributed by atoms with van der Waals surface area (Å²) in [5.74, 6) is -1.30. The van der Waals surface area contributed by atoms with Crippen molar-refractivity contribution in [3.63, 3.8) is 0 Å². The number of nitrogens with zero attached hydrogens (tertiary/aromatic N) is 1. The second-order valence-electron chi connectivity index (χ2n) is 5.46. The number of hydrogen-bond acceptors (Lipinski definition) is 3. The number of rotatable bonds is 5. The van der Waals surface area contributed by atoms with Crippen molar-refractivity contribution in [2.45, 2.75) is 6.42 Å². The van der Waals surface area contributed by atoms with E-state index in [0.29, 0.717) is 16.7 Å². The zero-order valence-corrected chi connectivity index (χ0v) is 12.8. The maximum absolute atomic E-state index is 12.8. The molecule has 0 spiro atoms. The Morgan fingerprint density at radius 1 is 0.958 bits per heavy atom. The molecule has 1 aliphatic heterocycles. The highest BCUT2D eigenvalue weighted by atomic mass is 19.1. The van der Waals surface area contributed by atoms with Crippen LogP contribution in [-0.2, 0) is 11.2 Å². The predicted octanol–water partition coefficient (Wildman–Crippen LogP) is 1.78. The van der Waals surface area contributed by atoms with Gasteiger partial charge in [0.25, 0.3) is 11.8 Å². The number of fused-ring (bicyclic) bond motifs is 1. The smallest absolute Gasteiger partial charge is 0.261 e. The van der Waals surface area contributed by atoms with Crippen molar-refractivity contribution in [2.75, 3.05) is 13.1 Å². The maximum atomic E-state index is 12.8. The first-order valence-corrected chi connectivity index (χ1v) is 7.52. The van der Waals surface area contributed by atoms with Gasteiger partial charge in [-0.3, -0.25) is 19.3 Å². The molecular formula is C18H15FN2O3. The summed E-state index contributed by atoms with van der Waals surface area (Å²) in [5.41, 5.74) is 1.47. The van der Waals surface area contributed by atoms with Crippen LogP contribution >= 0.6 is 0 Å². The maximum Gasteiger partial charge on any atom is 0.261 e. The zero-order valence-electron chi connectivity index (χ0n) is 12.8. The van der Waals surface area contributed by atoms with E-state index in [4.69, 9.17) is 0 Å². The molecule has 0 radical (unpaired) electrons. The Morgan fingerprint density at radius 2 is 1.54 bits per heavy atom.